The van der Waals surface area contributed by atoms with Gasteiger partial charge in [-0.25, -0.2) is 4.98 Å². The van der Waals surface area contributed by atoms with Crippen LogP contribution in [-0.4, -0.2) is 22.1 Å². The number of imidazole rings is 1. The summed E-state index contributed by atoms with van der Waals surface area (Å²) in [5, 5.41) is 0.918. The van der Waals surface area contributed by atoms with Gasteiger partial charge in [-0.2, -0.15) is 0 Å². The highest BCUT2D eigenvalue weighted by atomic mass is 32.2. The average molecular weight is 313 g/mol. The number of aromatic nitrogens is 3. The molecular formula is C17H19N3OS. The SMILES string of the molecule is COc1c(C)cnc(CSc2nc3ccc(C)cc3[nH]2)c1C. The molecule has 0 spiro atoms. The summed E-state index contributed by atoms with van der Waals surface area (Å²) in [4.78, 5) is 12.5. The molecule has 1 N–H and O–H groups in total. The zero-order chi connectivity index (χ0) is 15.7. The van der Waals surface area contributed by atoms with Crippen LogP contribution in [0.2, 0.25) is 0 Å². The molecule has 0 aliphatic rings. The number of nitrogens with one attached hydrogen (secondary N) is 1. The van der Waals surface area contributed by atoms with Crippen LogP contribution in [0, 0.1) is 20.8 Å². The summed E-state index contributed by atoms with van der Waals surface area (Å²) in [6.07, 6.45) is 1.86. The van der Waals surface area contributed by atoms with Crippen molar-refractivity contribution in [1.29, 1.82) is 0 Å². The van der Waals surface area contributed by atoms with Crippen LogP contribution in [0.25, 0.3) is 11.0 Å². The number of rotatable bonds is 4. The van der Waals surface area contributed by atoms with Gasteiger partial charge in [-0.05, 0) is 38.5 Å². The van der Waals surface area contributed by atoms with Gasteiger partial charge in [0, 0.05) is 23.1 Å². The highest BCUT2D eigenvalue weighted by molar-refractivity contribution is 7.98. The lowest BCUT2D eigenvalue weighted by molar-refractivity contribution is 0.407. The Morgan fingerprint density at radius 3 is 2.82 bits per heavy atom. The molecule has 0 saturated heterocycles. The minimum Gasteiger partial charge on any atom is -0.496 e. The highest BCUT2D eigenvalue weighted by Crippen LogP contribution is 2.29. The molecule has 22 heavy (non-hydrogen) atoms. The van der Waals surface area contributed by atoms with Gasteiger partial charge in [-0.1, -0.05) is 17.8 Å². The quantitative estimate of drug-likeness (QED) is 0.734. The Balaban J connectivity index is 1.82. The number of methoxy groups -OCH3 is 1. The van der Waals surface area contributed by atoms with Gasteiger partial charge in [0.2, 0.25) is 0 Å². The van der Waals surface area contributed by atoms with E-state index in [1.54, 1.807) is 18.9 Å². The molecule has 2 heterocycles. The summed E-state index contributed by atoms with van der Waals surface area (Å²) in [7, 11) is 1.70. The Hall–Kier alpha value is -2.01. The molecule has 0 bridgehead atoms. The Bertz CT molecular complexity index is 826. The number of fused-ring (bicyclic) bond motifs is 1. The molecule has 0 aliphatic heterocycles. The number of hydrogen-bond donors (Lipinski definition) is 1. The highest BCUT2D eigenvalue weighted by Gasteiger charge is 2.11. The van der Waals surface area contributed by atoms with Crippen molar-refractivity contribution in [2.75, 3.05) is 7.11 Å². The second-order valence-electron chi connectivity index (χ2n) is 5.40. The Labute approximate surface area is 134 Å². The molecule has 0 aliphatic carbocycles. The van der Waals surface area contributed by atoms with Crippen LogP contribution in [0.15, 0.2) is 29.6 Å². The lowest BCUT2D eigenvalue weighted by atomic mass is 10.1. The van der Waals surface area contributed by atoms with Crippen LogP contribution in [0.3, 0.4) is 0 Å². The lowest BCUT2D eigenvalue weighted by Gasteiger charge is -2.11. The number of H-pyrrole nitrogens is 1. The van der Waals surface area contributed by atoms with Gasteiger partial charge < -0.3 is 9.72 Å². The summed E-state index contributed by atoms with van der Waals surface area (Å²) in [6, 6.07) is 6.24. The van der Waals surface area contributed by atoms with E-state index < -0.39 is 0 Å². The minimum absolute atomic E-state index is 0.765. The third kappa shape index (κ3) is 2.81. The maximum absolute atomic E-state index is 5.46. The zero-order valence-electron chi connectivity index (χ0n) is 13.2. The van der Waals surface area contributed by atoms with Crippen LogP contribution >= 0.6 is 11.8 Å². The van der Waals surface area contributed by atoms with Crippen molar-refractivity contribution in [3.8, 4) is 5.75 Å². The van der Waals surface area contributed by atoms with Crippen molar-refractivity contribution >= 4 is 22.8 Å². The molecule has 114 valence electrons. The van der Waals surface area contributed by atoms with Crippen LogP contribution in [0.1, 0.15) is 22.4 Å². The molecule has 0 radical (unpaired) electrons. The molecule has 0 atom stereocenters. The maximum atomic E-state index is 5.46. The Morgan fingerprint density at radius 2 is 2.05 bits per heavy atom. The van der Waals surface area contributed by atoms with Crippen molar-refractivity contribution in [2.24, 2.45) is 0 Å². The first-order chi connectivity index (χ1) is 10.6. The Kier molecular flexibility index (Phi) is 4.07. The first-order valence-electron chi connectivity index (χ1n) is 7.16. The topological polar surface area (TPSA) is 50.8 Å². The number of aromatic amines is 1. The molecule has 3 aromatic rings. The fraction of sp³-hybridized carbons (Fsp3) is 0.294. The van der Waals surface area contributed by atoms with Gasteiger partial charge in [-0.3, -0.25) is 4.98 Å². The molecule has 1 aromatic carbocycles. The van der Waals surface area contributed by atoms with Gasteiger partial charge in [-0.15, -0.1) is 0 Å². The monoisotopic (exact) mass is 313 g/mol. The van der Waals surface area contributed by atoms with Crippen LogP contribution in [0.4, 0.5) is 0 Å². The standard InChI is InChI=1S/C17H19N3OS/c1-10-5-6-13-14(7-10)20-17(19-13)22-9-15-12(3)16(21-4)11(2)8-18-15/h5-8H,9H2,1-4H3,(H,19,20). The average Bonchev–Trinajstić information content (AvgIpc) is 2.89. The number of benzene rings is 1. The maximum Gasteiger partial charge on any atom is 0.166 e. The zero-order valence-corrected chi connectivity index (χ0v) is 14.0. The molecule has 0 saturated carbocycles. The molecule has 0 unspecified atom stereocenters. The summed E-state index contributed by atoms with van der Waals surface area (Å²) in [5.41, 5.74) is 6.50. The van der Waals surface area contributed by atoms with E-state index >= 15 is 0 Å². The fourth-order valence-electron chi connectivity index (χ4n) is 2.52. The number of hydrogen-bond acceptors (Lipinski definition) is 4. The fourth-order valence-corrected chi connectivity index (χ4v) is 3.43. The van der Waals surface area contributed by atoms with Crippen molar-refractivity contribution in [3.05, 3.63) is 46.8 Å². The van der Waals surface area contributed by atoms with E-state index in [4.69, 9.17) is 4.74 Å². The Morgan fingerprint density at radius 1 is 1.23 bits per heavy atom. The van der Waals surface area contributed by atoms with Gasteiger partial charge in [0.05, 0.1) is 23.8 Å². The van der Waals surface area contributed by atoms with Gasteiger partial charge in [0.15, 0.2) is 5.16 Å². The summed E-state index contributed by atoms with van der Waals surface area (Å²) >= 11 is 1.66. The predicted octanol–water partition coefficient (Wildman–Crippen LogP) is 4.18. The second-order valence-corrected chi connectivity index (χ2v) is 6.36. The number of nitrogens with zero attached hydrogens (tertiary/aromatic N) is 2. The second kappa shape index (κ2) is 6.01. The van der Waals surface area contributed by atoms with Crippen molar-refractivity contribution in [2.45, 2.75) is 31.7 Å². The molecule has 4 nitrogen and oxygen atoms in total. The van der Waals surface area contributed by atoms with Gasteiger partial charge in [0.1, 0.15) is 5.75 Å². The minimum atomic E-state index is 0.765. The molecule has 3 rings (SSSR count). The van der Waals surface area contributed by atoms with Gasteiger partial charge >= 0.3 is 0 Å². The van der Waals surface area contributed by atoms with E-state index in [9.17, 15) is 0 Å². The summed E-state index contributed by atoms with van der Waals surface area (Å²) < 4.78 is 5.46. The van der Waals surface area contributed by atoms with E-state index in [-0.39, 0.29) is 0 Å². The van der Waals surface area contributed by atoms with Crippen molar-refractivity contribution in [1.82, 2.24) is 15.0 Å². The molecule has 2 aromatic heterocycles. The van der Waals surface area contributed by atoms with E-state index in [0.29, 0.717) is 0 Å². The molecular weight excluding hydrogens is 294 g/mol. The van der Waals surface area contributed by atoms with E-state index in [0.717, 1.165) is 44.5 Å². The third-order valence-corrected chi connectivity index (χ3v) is 4.60. The normalized spacial score (nSPS) is 11.1. The molecule has 5 heteroatoms. The van der Waals surface area contributed by atoms with Crippen molar-refractivity contribution < 1.29 is 4.74 Å². The number of aryl methyl sites for hydroxylation is 2. The third-order valence-electron chi connectivity index (χ3n) is 3.71. The van der Waals surface area contributed by atoms with Crippen LogP contribution in [0.5, 0.6) is 5.75 Å². The van der Waals surface area contributed by atoms with E-state index in [2.05, 4.69) is 40.9 Å². The first-order valence-corrected chi connectivity index (χ1v) is 8.15. The smallest absolute Gasteiger partial charge is 0.166 e. The van der Waals surface area contributed by atoms with E-state index in [1.165, 1.54) is 5.56 Å². The first kappa shape index (κ1) is 14.9. The number of pyridine rings is 1. The van der Waals surface area contributed by atoms with Crippen molar-refractivity contribution in [3.63, 3.8) is 0 Å². The molecule has 0 amide bonds. The number of thioether (sulfide) groups is 1. The van der Waals surface area contributed by atoms with Gasteiger partial charge in [0.25, 0.3) is 0 Å². The predicted molar refractivity (Wildman–Crippen MR) is 90.7 cm³/mol. The summed E-state index contributed by atoms with van der Waals surface area (Å²) in [6.45, 7) is 6.15. The number of ether oxygens (including phenoxy) is 1. The van der Waals surface area contributed by atoms with E-state index in [1.807, 2.05) is 19.2 Å². The van der Waals surface area contributed by atoms with Crippen LogP contribution in [-0.2, 0) is 5.75 Å². The lowest BCUT2D eigenvalue weighted by Crippen LogP contribution is -1.98. The van der Waals surface area contributed by atoms with Crippen LogP contribution < -0.4 is 4.74 Å². The summed E-state index contributed by atoms with van der Waals surface area (Å²) in [5.74, 6) is 1.69. The molecule has 0 fully saturated rings. The largest absolute Gasteiger partial charge is 0.496 e.